The van der Waals surface area contributed by atoms with E-state index in [4.69, 9.17) is 23.8 Å². The molecular weight excluding hydrogens is 278 g/mol. The van der Waals surface area contributed by atoms with Crippen molar-refractivity contribution in [1.29, 1.82) is 0 Å². The molecule has 2 rings (SSSR count). The molecule has 0 amide bonds. The van der Waals surface area contributed by atoms with E-state index >= 15 is 0 Å². The number of thiocarbonyl (C=S) groups is 1. The van der Waals surface area contributed by atoms with Crippen LogP contribution in [0, 0.1) is 0 Å². The minimum Gasteiger partial charge on any atom is -0.357 e. The summed E-state index contributed by atoms with van der Waals surface area (Å²) in [6, 6.07) is 17.4. The van der Waals surface area contributed by atoms with Gasteiger partial charge in [-0.1, -0.05) is 41.9 Å². The Balaban J connectivity index is 1.74. The molecule has 0 aliphatic rings. The first kappa shape index (κ1) is 13.6. The number of nitrogens with one attached hydrogen (secondary N) is 3. The zero-order chi connectivity index (χ0) is 13.5. The van der Waals surface area contributed by atoms with Gasteiger partial charge in [-0.2, -0.15) is 0 Å². The number of hydrazine groups is 1. The highest BCUT2D eigenvalue weighted by Gasteiger charge is 1.96. The van der Waals surface area contributed by atoms with Crippen LogP contribution in [0.2, 0.25) is 5.02 Å². The van der Waals surface area contributed by atoms with Crippen LogP contribution in [0.25, 0.3) is 0 Å². The zero-order valence-electron chi connectivity index (χ0n) is 10.2. The molecule has 0 aromatic heterocycles. The minimum absolute atomic E-state index is 0.541. The van der Waals surface area contributed by atoms with E-state index in [0.717, 1.165) is 5.69 Å². The normalized spacial score (nSPS) is 9.74. The second-order valence-electron chi connectivity index (χ2n) is 3.93. The maximum Gasteiger partial charge on any atom is 0.185 e. The van der Waals surface area contributed by atoms with Crippen LogP contribution in [-0.4, -0.2) is 5.11 Å². The molecule has 0 unspecified atom stereocenters. The van der Waals surface area contributed by atoms with E-state index in [1.807, 2.05) is 54.6 Å². The largest absolute Gasteiger partial charge is 0.357 e. The highest BCUT2D eigenvalue weighted by molar-refractivity contribution is 7.80. The Bertz CT molecular complexity index is 528. The van der Waals surface area contributed by atoms with Crippen LogP contribution in [-0.2, 0) is 6.54 Å². The molecule has 0 radical (unpaired) electrons. The fraction of sp³-hybridized carbons (Fsp3) is 0.0714. The predicted octanol–water partition coefficient (Wildman–Crippen LogP) is 3.33. The van der Waals surface area contributed by atoms with Gasteiger partial charge >= 0.3 is 0 Å². The Morgan fingerprint density at radius 1 is 1.00 bits per heavy atom. The SMILES string of the molecule is S=C(NCc1ccccc1)NNc1ccc(Cl)cc1. The van der Waals surface area contributed by atoms with Crippen molar-refractivity contribution >= 4 is 34.6 Å². The van der Waals surface area contributed by atoms with Crippen molar-refractivity contribution in [2.24, 2.45) is 0 Å². The summed E-state index contributed by atoms with van der Waals surface area (Å²) in [5, 5.41) is 4.36. The van der Waals surface area contributed by atoms with Crippen molar-refractivity contribution in [3.05, 3.63) is 65.2 Å². The topological polar surface area (TPSA) is 36.1 Å². The van der Waals surface area contributed by atoms with Crippen LogP contribution < -0.4 is 16.2 Å². The van der Waals surface area contributed by atoms with E-state index in [-0.39, 0.29) is 0 Å². The third-order valence-electron chi connectivity index (χ3n) is 2.46. The first-order valence-electron chi connectivity index (χ1n) is 5.83. The number of halogens is 1. The van der Waals surface area contributed by atoms with Crippen molar-refractivity contribution in [2.45, 2.75) is 6.54 Å². The van der Waals surface area contributed by atoms with Crippen molar-refractivity contribution in [3.8, 4) is 0 Å². The Morgan fingerprint density at radius 3 is 2.37 bits per heavy atom. The molecule has 0 atom stereocenters. The van der Waals surface area contributed by atoms with Crippen molar-refractivity contribution in [2.75, 3.05) is 5.43 Å². The molecule has 0 saturated carbocycles. The van der Waals surface area contributed by atoms with Gasteiger partial charge in [-0.15, -0.1) is 0 Å². The average molecular weight is 292 g/mol. The van der Waals surface area contributed by atoms with Gasteiger partial charge in [0.2, 0.25) is 0 Å². The van der Waals surface area contributed by atoms with Gasteiger partial charge in [-0.3, -0.25) is 10.9 Å². The Labute approximate surface area is 123 Å². The first-order valence-corrected chi connectivity index (χ1v) is 6.62. The van der Waals surface area contributed by atoms with E-state index in [1.165, 1.54) is 5.56 Å². The zero-order valence-corrected chi connectivity index (χ0v) is 11.8. The summed E-state index contributed by atoms with van der Waals surface area (Å²) >= 11 is 11.0. The molecule has 0 aliphatic heterocycles. The van der Waals surface area contributed by atoms with Crippen molar-refractivity contribution < 1.29 is 0 Å². The Kier molecular flexibility index (Phi) is 5.01. The molecule has 19 heavy (non-hydrogen) atoms. The second kappa shape index (κ2) is 6.97. The summed E-state index contributed by atoms with van der Waals surface area (Å²) in [5.74, 6) is 0. The van der Waals surface area contributed by atoms with Gasteiger partial charge in [0.25, 0.3) is 0 Å². The molecule has 2 aromatic carbocycles. The number of rotatable bonds is 4. The molecule has 3 nitrogen and oxygen atoms in total. The summed E-state index contributed by atoms with van der Waals surface area (Å²) in [4.78, 5) is 0. The van der Waals surface area contributed by atoms with Gasteiger partial charge in [0.15, 0.2) is 5.11 Å². The first-order chi connectivity index (χ1) is 9.24. The molecule has 0 saturated heterocycles. The smallest absolute Gasteiger partial charge is 0.185 e. The Hall–Kier alpha value is -1.78. The molecule has 0 aliphatic carbocycles. The van der Waals surface area contributed by atoms with Crippen LogP contribution in [0.5, 0.6) is 0 Å². The number of hydrogen-bond donors (Lipinski definition) is 3. The summed E-state index contributed by atoms with van der Waals surface area (Å²) in [7, 11) is 0. The molecule has 0 fully saturated rings. The third kappa shape index (κ3) is 4.77. The predicted molar refractivity (Wildman–Crippen MR) is 84.1 cm³/mol. The quantitative estimate of drug-likeness (QED) is 0.596. The van der Waals surface area contributed by atoms with E-state index in [1.54, 1.807) is 0 Å². The van der Waals surface area contributed by atoms with Gasteiger partial charge in [0, 0.05) is 11.6 Å². The molecule has 0 heterocycles. The van der Waals surface area contributed by atoms with Crippen LogP contribution >= 0.6 is 23.8 Å². The highest BCUT2D eigenvalue weighted by atomic mass is 35.5. The van der Waals surface area contributed by atoms with Gasteiger partial charge in [0.1, 0.15) is 0 Å². The lowest BCUT2D eigenvalue weighted by Gasteiger charge is -2.12. The minimum atomic E-state index is 0.541. The summed E-state index contributed by atoms with van der Waals surface area (Å²) < 4.78 is 0. The maximum atomic E-state index is 5.81. The van der Waals surface area contributed by atoms with E-state index in [0.29, 0.717) is 16.7 Å². The monoisotopic (exact) mass is 291 g/mol. The van der Waals surface area contributed by atoms with Gasteiger partial charge in [-0.25, -0.2) is 0 Å². The summed E-state index contributed by atoms with van der Waals surface area (Å²) in [5.41, 5.74) is 7.99. The molecular formula is C14H14ClN3S. The molecule has 2 aromatic rings. The van der Waals surface area contributed by atoms with Crippen molar-refractivity contribution in [1.82, 2.24) is 10.7 Å². The average Bonchev–Trinajstić information content (AvgIpc) is 2.45. The standard InChI is InChI=1S/C14H14ClN3S/c15-12-6-8-13(9-7-12)17-18-14(19)16-10-11-4-2-1-3-5-11/h1-9,17H,10H2,(H2,16,18,19). The summed E-state index contributed by atoms with van der Waals surface area (Å²) in [6.45, 7) is 0.689. The molecule has 0 bridgehead atoms. The fourth-order valence-corrected chi connectivity index (χ4v) is 1.73. The molecule has 0 spiro atoms. The van der Waals surface area contributed by atoms with E-state index < -0.39 is 0 Å². The van der Waals surface area contributed by atoms with Crippen molar-refractivity contribution in [3.63, 3.8) is 0 Å². The van der Waals surface area contributed by atoms with E-state index in [2.05, 4.69) is 16.2 Å². The molecule has 98 valence electrons. The van der Waals surface area contributed by atoms with Gasteiger partial charge in [-0.05, 0) is 42.0 Å². The lowest BCUT2D eigenvalue weighted by molar-refractivity contribution is 0.886. The molecule has 5 heteroatoms. The number of benzene rings is 2. The van der Waals surface area contributed by atoms with Crippen LogP contribution in [0.4, 0.5) is 5.69 Å². The van der Waals surface area contributed by atoms with E-state index in [9.17, 15) is 0 Å². The van der Waals surface area contributed by atoms with Crippen LogP contribution in [0.1, 0.15) is 5.56 Å². The maximum absolute atomic E-state index is 5.81. The van der Waals surface area contributed by atoms with Gasteiger partial charge < -0.3 is 5.32 Å². The second-order valence-corrected chi connectivity index (χ2v) is 4.77. The molecule has 3 N–H and O–H groups in total. The lowest BCUT2D eigenvalue weighted by Crippen LogP contribution is -2.38. The lowest BCUT2D eigenvalue weighted by atomic mass is 10.2. The third-order valence-corrected chi connectivity index (χ3v) is 2.96. The number of anilines is 1. The van der Waals surface area contributed by atoms with Gasteiger partial charge in [0.05, 0.1) is 5.69 Å². The summed E-state index contributed by atoms with van der Waals surface area (Å²) in [6.07, 6.45) is 0. The fourth-order valence-electron chi connectivity index (χ4n) is 1.48. The highest BCUT2D eigenvalue weighted by Crippen LogP contribution is 2.12. The number of hydrogen-bond acceptors (Lipinski definition) is 2. The van der Waals surface area contributed by atoms with Crippen LogP contribution in [0.15, 0.2) is 54.6 Å². The van der Waals surface area contributed by atoms with Crippen LogP contribution in [0.3, 0.4) is 0 Å². The Morgan fingerprint density at radius 2 is 1.68 bits per heavy atom.